The van der Waals surface area contributed by atoms with Gasteiger partial charge in [-0.1, -0.05) is 29.5 Å². The van der Waals surface area contributed by atoms with Gasteiger partial charge in [-0.25, -0.2) is 4.98 Å². The molecule has 3 aromatic rings. The van der Waals surface area contributed by atoms with Crippen LogP contribution >= 0.6 is 22.7 Å². The fourth-order valence-electron chi connectivity index (χ4n) is 1.76. The molecule has 0 fully saturated rings. The average Bonchev–Trinajstić information content (AvgIpc) is 2.91. The molecule has 3 nitrogen and oxygen atoms in total. The van der Waals surface area contributed by atoms with Crippen molar-refractivity contribution in [2.75, 3.05) is 5.73 Å². The molecule has 0 unspecified atom stereocenters. The van der Waals surface area contributed by atoms with Crippen LogP contribution in [0.4, 0.5) is 5.13 Å². The Labute approximate surface area is 106 Å². The Bertz CT molecular complexity index is 734. The molecule has 82 valence electrons. The second-order valence-electron chi connectivity index (χ2n) is 3.49. The molecule has 0 radical (unpaired) electrons. The van der Waals surface area contributed by atoms with E-state index in [2.05, 4.69) is 17.1 Å². The number of nitrogens with two attached hydrogens (primary N) is 1. The van der Waals surface area contributed by atoms with Crippen molar-refractivity contribution >= 4 is 37.9 Å². The lowest BCUT2D eigenvalue weighted by molar-refractivity contribution is 1.41. The molecule has 5 heteroatoms. The molecular formula is C12H7N3S2. The molecule has 0 saturated heterocycles. The highest BCUT2D eigenvalue weighted by molar-refractivity contribution is 7.18. The van der Waals surface area contributed by atoms with E-state index in [0.717, 1.165) is 10.9 Å². The summed E-state index contributed by atoms with van der Waals surface area (Å²) in [6.45, 7) is 0. The molecule has 0 spiro atoms. The van der Waals surface area contributed by atoms with Crippen LogP contribution in [-0.4, -0.2) is 4.98 Å². The molecule has 0 amide bonds. The van der Waals surface area contributed by atoms with Gasteiger partial charge in [-0.2, -0.15) is 5.26 Å². The van der Waals surface area contributed by atoms with Crippen molar-refractivity contribution in [2.24, 2.45) is 0 Å². The van der Waals surface area contributed by atoms with Crippen LogP contribution in [0.1, 0.15) is 4.88 Å². The first-order valence-electron chi connectivity index (χ1n) is 4.92. The first kappa shape index (κ1) is 10.3. The Morgan fingerprint density at radius 3 is 2.94 bits per heavy atom. The average molecular weight is 257 g/mol. The number of aromatic nitrogens is 1. The Morgan fingerprint density at radius 2 is 2.12 bits per heavy atom. The molecule has 2 heterocycles. The molecule has 0 saturated carbocycles. The van der Waals surface area contributed by atoms with E-state index < -0.39 is 0 Å². The summed E-state index contributed by atoms with van der Waals surface area (Å²) >= 11 is 2.88. The van der Waals surface area contributed by atoms with Gasteiger partial charge in [0.2, 0.25) is 0 Å². The Morgan fingerprint density at radius 1 is 1.29 bits per heavy atom. The molecule has 2 aromatic heterocycles. The van der Waals surface area contributed by atoms with Crippen molar-refractivity contribution in [1.82, 2.24) is 4.98 Å². The number of nitrogens with zero attached hydrogens (tertiary/aromatic N) is 2. The summed E-state index contributed by atoms with van der Waals surface area (Å²) < 4.78 is 1.19. The lowest BCUT2D eigenvalue weighted by Crippen LogP contribution is -1.83. The number of nitrogen functional groups attached to an aromatic ring is 1. The van der Waals surface area contributed by atoms with E-state index >= 15 is 0 Å². The minimum absolute atomic E-state index is 0.437. The molecule has 0 aliphatic heterocycles. The van der Waals surface area contributed by atoms with E-state index in [-0.39, 0.29) is 0 Å². The minimum Gasteiger partial charge on any atom is -0.375 e. The predicted octanol–water partition coefficient (Wildman–Crippen LogP) is 3.48. The Balaban J connectivity index is 2.31. The third kappa shape index (κ3) is 1.58. The van der Waals surface area contributed by atoms with Crippen molar-refractivity contribution in [1.29, 1.82) is 5.26 Å². The molecule has 17 heavy (non-hydrogen) atoms. The maximum atomic E-state index is 9.07. The maximum absolute atomic E-state index is 9.07. The van der Waals surface area contributed by atoms with Gasteiger partial charge < -0.3 is 5.73 Å². The van der Waals surface area contributed by atoms with E-state index in [9.17, 15) is 0 Å². The van der Waals surface area contributed by atoms with Gasteiger partial charge in [-0.3, -0.25) is 0 Å². The molecular weight excluding hydrogens is 250 g/mol. The van der Waals surface area contributed by atoms with Gasteiger partial charge in [-0.05, 0) is 6.07 Å². The van der Waals surface area contributed by atoms with Gasteiger partial charge in [0.1, 0.15) is 16.6 Å². The number of thiophene rings is 1. The Hall–Kier alpha value is -1.90. The number of anilines is 1. The topological polar surface area (TPSA) is 62.7 Å². The van der Waals surface area contributed by atoms with Crippen molar-refractivity contribution < 1.29 is 0 Å². The zero-order valence-corrected chi connectivity index (χ0v) is 10.3. The largest absolute Gasteiger partial charge is 0.375 e. The molecule has 0 aliphatic rings. The van der Waals surface area contributed by atoms with Crippen molar-refractivity contribution in [3.63, 3.8) is 0 Å². The van der Waals surface area contributed by atoms with E-state index in [1.54, 1.807) is 11.3 Å². The highest BCUT2D eigenvalue weighted by Gasteiger charge is 2.14. The van der Waals surface area contributed by atoms with Crippen LogP contribution in [-0.2, 0) is 0 Å². The molecule has 0 bridgehead atoms. The van der Waals surface area contributed by atoms with Crippen molar-refractivity contribution in [3.05, 3.63) is 34.5 Å². The quantitative estimate of drug-likeness (QED) is 0.726. The summed E-state index contributed by atoms with van der Waals surface area (Å²) in [7, 11) is 0. The number of hydrogen-bond acceptors (Lipinski definition) is 5. The van der Waals surface area contributed by atoms with Crippen LogP contribution in [0.5, 0.6) is 0 Å². The number of nitriles is 1. The van der Waals surface area contributed by atoms with Gasteiger partial charge in [0.25, 0.3) is 0 Å². The summed E-state index contributed by atoms with van der Waals surface area (Å²) in [5.74, 6) is 0. The van der Waals surface area contributed by atoms with E-state index in [0.29, 0.717) is 15.7 Å². The third-order valence-electron chi connectivity index (χ3n) is 2.48. The smallest absolute Gasteiger partial charge is 0.181 e. The lowest BCUT2D eigenvalue weighted by Gasteiger charge is -1.94. The zero-order chi connectivity index (χ0) is 11.8. The van der Waals surface area contributed by atoms with Crippen molar-refractivity contribution in [3.8, 4) is 17.3 Å². The summed E-state index contributed by atoms with van der Waals surface area (Å²) in [5.41, 5.74) is 7.36. The summed E-state index contributed by atoms with van der Waals surface area (Å²) in [4.78, 5) is 4.83. The molecule has 0 aliphatic carbocycles. The second kappa shape index (κ2) is 3.84. The number of rotatable bonds is 1. The Kier molecular flexibility index (Phi) is 2.32. The van der Waals surface area contributed by atoms with Crippen LogP contribution in [0.15, 0.2) is 29.6 Å². The van der Waals surface area contributed by atoms with Crippen LogP contribution < -0.4 is 5.73 Å². The number of thiazole rings is 1. The van der Waals surface area contributed by atoms with Crippen LogP contribution in [0.25, 0.3) is 21.3 Å². The summed E-state index contributed by atoms with van der Waals surface area (Å²) in [5, 5.41) is 12.7. The van der Waals surface area contributed by atoms with Crippen LogP contribution in [0.2, 0.25) is 0 Å². The fourth-order valence-corrected chi connectivity index (χ4v) is 3.35. The molecule has 1 aromatic carbocycles. The predicted molar refractivity (Wildman–Crippen MR) is 72.1 cm³/mol. The monoisotopic (exact) mass is 257 g/mol. The third-order valence-corrected chi connectivity index (χ3v) is 4.23. The van der Waals surface area contributed by atoms with Crippen LogP contribution in [0, 0.1) is 11.3 Å². The SMILES string of the molecule is N#Cc1sc(N)nc1-c1csc2ccccc12. The highest BCUT2D eigenvalue weighted by Crippen LogP contribution is 2.37. The van der Waals surface area contributed by atoms with E-state index in [4.69, 9.17) is 11.0 Å². The normalized spacial score (nSPS) is 10.5. The van der Waals surface area contributed by atoms with E-state index in [1.165, 1.54) is 16.0 Å². The van der Waals surface area contributed by atoms with E-state index in [1.807, 2.05) is 23.6 Å². The van der Waals surface area contributed by atoms with Gasteiger partial charge in [0.15, 0.2) is 5.13 Å². The molecule has 0 atom stereocenters. The molecule has 2 N–H and O–H groups in total. The van der Waals surface area contributed by atoms with Gasteiger partial charge in [0, 0.05) is 21.0 Å². The van der Waals surface area contributed by atoms with Gasteiger partial charge >= 0.3 is 0 Å². The number of benzene rings is 1. The summed E-state index contributed by atoms with van der Waals surface area (Å²) in [6.07, 6.45) is 0. The number of hydrogen-bond donors (Lipinski definition) is 1. The first-order chi connectivity index (χ1) is 8.29. The summed E-state index contributed by atoms with van der Waals surface area (Å²) in [6, 6.07) is 10.2. The van der Waals surface area contributed by atoms with Crippen LogP contribution in [0.3, 0.4) is 0 Å². The highest BCUT2D eigenvalue weighted by atomic mass is 32.1. The molecule has 3 rings (SSSR count). The second-order valence-corrected chi connectivity index (χ2v) is 5.43. The minimum atomic E-state index is 0.437. The van der Waals surface area contributed by atoms with Gasteiger partial charge in [-0.15, -0.1) is 11.3 Å². The maximum Gasteiger partial charge on any atom is 0.181 e. The standard InChI is InChI=1S/C12H7N3S2/c13-5-10-11(15-12(14)17-10)8-6-16-9-4-2-1-3-7(8)9/h1-4,6H,(H2,14,15). The van der Waals surface area contributed by atoms with Gasteiger partial charge in [0.05, 0.1) is 0 Å². The van der Waals surface area contributed by atoms with Crippen molar-refractivity contribution in [2.45, 2.75) is 0 Å². The zero-order valence-electron chi connectivity index (χ0n) is 8.68. The lowest BCUT2D eigenvalue weighted by atomic mass is 10.1. The fraction of sp³-hybridized carbons (Fsp3) is 0. The first-order valence-corrected chi connectivity index (χ1v) is 6.62. The number of fused-ring (bicyclic) bond motifs is 1.